The zero-order valence-electron chi connectivity index (χ0n) is 13.8. The van der Waals surface area contributed by atoms with Gasteiger partial charge in [0.2, 0.25) is 5.91 Å². The summed E-state index contributed by atoms with van der Waals surface area (Å²) in [6, 6.07) is 10.6. The number of methoxy groups -OCH3 is 1. The number of rotatable bonds is 6. The number of urea groups is 1. The van der Waals surface area contributed by atoms with Gasteiger partial charge in [-0.2, -0.15) is 0 Å². The molecule has 2 aromatic carbocycles. The number of carbonyl (C=O) groups excluding carboxylic acids is 2. The summed E-state index contributed by atoms with van der Waals surface area (Å²) in [6.45, 7) is 0. The van der Waals surface area contributed by atoms with Crippen LogP contribution in [0.25, 0.3) is 0 Å². The molecule has 2 aromatic rings. The first kappa shape index (κ1) is 19.9. The number of hydrogen-bond donors (Lipinski definition) is 3. The molecule has 0 spiro atoms. The molecule has 0 heterocycles. The van der Waals surface area contributed by atoms with Gasteiger partial charge in [0.15, 0.2) is 0 Å². The van der Waals surface area contributed by atoms with Gasteiger partial charge in [-0.15, -0.1) is 11.8 Å². The van der Waals surface area contributed by atoms with Crippen LogP contribution in [0.1, 0.15) is 5.56 Å². The van der Waals surface area contributed by atoms with Crippen LogP contribution in [-0.4, -0.2) is 24.8 Å². The van der Waals surface area contributed by atoms with E-state index in [-0.39, 0.29) is 11.5 Å². The van der Waals surface area contributed by atoms with Crippen molar-refractivity contribution < 1.29 is 18.7 Å². The largest absolute Gasteiger partial charge is 0.497 e. The van der Waals surface area contributed by atoms with Crippen LogP contribution in [-0.2, 0) is 10.5 Å². The summed E-state index contributed by atoms with van der Waals surface area (Å²) in [4.78, 5) is 23.5. The Bertz CT molecular complexity index is 771. The van der Waals surface area contributed by atoms with Crippen LogP contribution in [0.3, 0.4) is 0 Å². The minimum Gasteiger partial charge on any atom is -0.497 e. The van der Waals surface area contributed by atoms with E-state index in [9.17, 15) is 14.0 Å². The number of thioether (sulfide) groups is 1. The fourth-order valence-electron chi connectivity index (χ4n) is 1.94. The van der Waals surface area contributed by atoms with Crippen LogP contribution in [0.2, 0.25) is 5.02 Å². The summed E-state index contributed by atoms with van der Waals surface area (Å²) in [5, 5.41) is 2.86. The third-order valence-electron chi connectivity index (χ3n) is 3.18. The SMILES string of the molecule is COc1cccc(NC(=O)NNC(=O)CSCc2c(F)cccc2Cl)c1. The van der Waals surface area contributed by atoms with E-state index < -0.39 is 17.8 Å². The molecule has 3 N–H and O–H groups in total. The van der Waals surface area contributed by atoms with Gasteiger partial charge in [-0.1, -0.05) is 23.7 Å². The van der Waals surface area contributed by atoms with Crippen molar-refractivity contribution in [3.8, 4) is 5.75 Å². The van der Waals surface area contributed by atoms with E-state index in [4.69, 9.17) is 16.3 Å². The van der Waals surface area contributed by atoms with E-state index in [0.717, 1.165) is 0 Å². The van der Waals surface area contributed by atoms with E-state index >= 15 is 0 Å². The molecule has 9 heteroatoms. The zero-order chi connectivity index (χ0) is 18.9. The molecule has 2 rings (SSSR count). The van der Waals surface area contributed by atoms with Crippen molar-refractivity contribution in [3.05, 3.63) is 58.9 Å². The molecule has 0 bridgehead atoms. The average molecular weight is 398 g/mol. The average Bonchev–Trinajstić information content (AvgIpc) is 2.62. The standard InChI is InChI=1S/C17H17ClFN3O3S/c1-25-12-5-2-4-11(8-12)20-17(24)22-21-16(23)10-26-9-13-14(18)6-3-7-15(13)19/h2-8H,9-10H2,1H3,(H,21,23)(H2,20,22,24). The number of amides is 3. The first-order valence-electron chi connectivity index (χ1n) is 7.50. The molecule has 0 fully saturated rings. The van der Waals surface area contributed by atoms with Gasteiger partial charge in [0.25, 0.3) is 0 Å². The molecule has 3 amide bonds. The summed E-state index contributed by atoms with van der Waals surface area (Å²) in [6.07, 6.45) is 0. The van der Waals surface area contributed by atoms with Gasteiger partial charge in [-0.3, -0.25) is 10.2 Å². The number of carbonyl (C=O) groups is 2. The van der Waals surface area contributed by atoms with Crippen LogP contribution in [0.5, 0.6) is 5.75 Å². The van der Waals surface area contributed by atoms with Gasteiger partial charge in [0, 0.05) is 28.1 Å². The predicted molar refractivity (Wildman–Crippen MR) is 101 cm³/mol. The molecule has 0 aromatic heterocycles. The van der Waals surface area contributed by atoms with Gasteiger partial charge in [-0.25, -0.2) is 14.6 Å². The van der Waals surface area contributed by atoms with Crippen molar-refractivity contribution in [3.63, 3.8) is 0 Å². The number of ether oxygens (including phenoxy) is 1. The third kappa shape index (κ3) is 6.12. The maximum atomic E-state index is 13.6. The lowest BCUT2D eigenvalue weighted by Gasteiger charge is -2.10. The van der Waals surface area contributed by atoms with Crippen LogP contribution in [0.4, 0.5) is 14.9 Å². The Hall–Kier alpha value is -2.45. The van der Waals surface area contributed by atoms with Gasteiger partial charge >= 0.3 is 6.03 Å². The maximum absolute atomic E-state index is 13.6. The molecule has 6 nitrogen and oxygen atoms in total. The molecule has 138 valence electrons. The maximum Gasteiger partial charge on any atom is 0.337 e. The van der Waals surface area contributed by atoms with E-state index in [2.05, 4.69) is 16.2 Å². The van der Waals surface area contributed by atoms with Crippen molar-refractivity contribution in [1.29, 1.82) is 0 Å². The first-order chi connectivity index (χ1) is 12.5. The minimum absolute atomic E-state index is 0.0318. The molecular weight excluding hydrogens is 381 g/mol. The highest BCUT2D eigenvalue weighted by Gasteiger charge is 2.09. The van der Waals surface area contributed by atoms with Crippen molar-refractivity contribution in [1.82, 2.24) is 10.9 Å². The number of anilines is 1. The summed E-state index contributed by atoms with van der Waals surface area (Å²) in [7, 11) is 1.52. The van der Waals surface area contributed by atoms with Crippen molar-refractivity contribution in [2.75, 3.05) is 18.2 Å². The quantitative estimate of drug-likeness (QED) is 0.651. The molecule has 0 aliphatic carbocycles. The second-order valence-corrected chi connectivity index (χ2v) is 6.45. The number of hydrazine groups is 1. The zero-order valence-corrected chi connectivity index (χ0v) is 15.4. The second kappa shape index (κ2) is 9.88. The molecule has 0 atom stereocenters. The van der Waals surface area contributed by atoms with E-state index in [0.29, 0.717) is 22.0 Å². The lowest BCUT2D eigenvalue weighted by Crippen LogP contribution is -2.44. The number of hydrogen-bond acceptors (Lipinski definition) is 4. The fraction of sp³-hybridized carbons (Fsp3) is 0.176. The van der Waals surface area contributed by atoms with Crippen LogP contribution >= 0.6 is 23.4 Å². The second-order valence-electron chi connectivity index (χ2n) is 5.05. The Kier molecular flexibility index (Phi) is 7.55. The van der Waals surface area contributed by atoms with Crippen molar-refractivity contribution in [2.45, 2.75) is 5.75 Å². The molecule has 26 heavy (non-hydrogen) atoms. The highest BCUT2D eigenvalue weighted by atomic mass is 35.5. The third-order valence-corrected chi connectivity index (χ3v) is 4.50. The Morgan fingerprint density at radius 3 is 2.69 bits per heavy atom. The Morgan fingerprint density at radius 1 is 1.19 bits per heavy atom. The summed E-state index contributed by atoms with van der Waals surface area (Å²) in [5.41, 5.74) is 5.36. The van der Waals surface area contributed by atoms with E-state index in [1.807, 2.05) is 0 Å². The van der Waals surface area contributed by atoms with Gasteiger partial charge in [0.1, 0.15) is 11.6 Å². The highest BCUT2D eigenvalue weighted by Crippen LogP contribution is 2.23. The Labute approximate surface area is 159 Å². The molecule has 0 aliphatic heterocycles. The number of halogens is 2. The number of nitrogens with one attached hydrogen (secondary N) is 3. The monoisotopic (exact) mass is 397 g/mol. The molecule has 0 radical (unpaired) electrons. The van der Waals surface area contributed by atoms with Gasteiger partial charge < -0.3 is 10.1 Å². The summed E-state index contributed by atoms with van der Waals surface area (Å²) < 4.78 is 18.7. The lowest BCUT2D eigenvalue weighted by molar-refractivity contribution is -0.119. The number of benzene rings is 2. The van der Waals surface area contributed by atoms with E-state index in [1.54, 1.807) is 30.3 Å². The summed E-state index contributed by atoms with van der Waals surface area (Å²) in [5.74, 6) is 0.0264. The normalized spacial score (nSPS) is 10.1. The molecule has 0 aliphatic rings. The van der Waals surface area contributed by atoms with Crippen LogP contribution in [0, 0.1) is 5.82 Å². The van der Waals surface area contributed by atoms with Gasteiger partial charge in [0.05, 0.1) is 12.9 Å². The smallest absolute Gasteiger partial charge is 0.337 e. The molecule has 0 unspecified atom stereocenters. The van der Waals surface area contributed by atoms with Crippen LogP contribution in [0.15, 0.2) is 42.5 Å². The minimum atomic E-state index is -0.603. The van der Waals surface area contributed by atoms with E-state index in [1.165, 1.54) is 31.0 Å². The lowest BCUT2D eigenvalue weighted by atomic mass is 10.2. The predicted octanol–water partition coefficient (Wildman–Crippen LogP) is 3.57. The first-order valence-corrected chi connectivity index (χ1v) is 9.03. The fourth-order valence-corrected chi connectivity index (χ4v) is 3.11. The Morgan fingerprint density at radius 2 is 1.96 bits per heavy atom. The molecule has 0 saturated heterocycles. The van der Waals surface area contributed by atoms with Crippen LogP contribution < -0.4 is 20.9 Å². The Balaban J connectivity index is 1.72. The van der Waals surface area contributed by atoms with Crippen molar-refractivity contribution in [2.24, 2.45) is 0 Å². The molecule has 0 saturated carbocycles. The molecular formula is C17H17ClFN3O3S. The summed E-state index contributed by atoms with van der Waals surface area (Å²) >= 11 is 7.10. The van der Waals surface area contributed by atoms with Crippen molar-refractivity contribution >= 4 is 41.0 Å². The highest BCUT2D eigenvalue weighted by molar-refractivity contribution is 7.99. The topological polar surface area (TPSA) is 79.5 Å². The van der Waals surface area contributed by atoms with Gasteiger partial charge in [-0.05, 0) is 24.3 Å².